The summed E-state index contributed by atoms with van der Waals surface area (Å²) in [7, 11) is 3.27. The van der Waals surface area contributed by atoms with E-state index in [1.807, 2.05) is 30.3 Å². The Balaban J connectivity index is 1.52. The van der Waals surface area contributed by atoms with Crippen molar-refractivity contribution in [1.82, 2.24) is 4.90 Å². The van der Waals surface area contributed by atoms with E-state index in [1.54, 1.807) is 20.5 Å². The standard InChI is InChI=1S/C20H27NO5/c1-23-19-8-5-15(10-20(19)24-2)11-21(16-6-7-16)12-17(22)13-25-14-18-4-3-9-26-18/h3-5,8-10,16-17,22H,6-7,11-14H2,1-2H3/t17-/m0/s1. The van der Waals surface area contributed by atoms with E-state index in [1.165, 1.54) is 12.8 Å². The zero-order valence-corrected chi connectivity index (χ0v) is 15.4. The molecule has 0 saturated heterocycles. The van der Waals surface area contributed by atoms with Crippen LogP contribution in [-0.4, -0.2) is 49.5 Å². The second kappa shape index (κ2) is 9.07. The molecule has 6 heteroatoms. The van der Waals surface area contributed by atoms with Crippen LogP contribution in [0.5, 0.6) is 11.5 Å². The lowest BCUT2D eigenvalue weighted by Crippen LogP contribution is -2.36. The molecule has 1 aromatic carbocycles. The number of nitrogens with zero attached hydrogens (tertiary/aromatic N) is 1. The molecule has 26 heavy (non-hydrogen) atoms. The topological polar surface area (TPSA) is 64.3 Å². The van der Waals surface area contributed by atoms with Crippen LogP contribution in [0, 0.1) is 0 Å². The number of benzene rings is 1. The smallest absolute Gasteiger partial charge is 0.161 e. The monoisotopic (exact) mass is 361 g/mol. The molecule has 1 saturated carbocycles. The van der Waals surface area contributed by atoms with Gasteiger partial charge in [0.05, 0.1) is 33.2 Å². The molecule has 0 amide bonds. The maximum atomic E-state index is 10.3. The lowest BCUT2D eigenvalue weighted by Gasteiger charge is -2.25. The summed E-state index contributed by atoms with van der Waals surface area (Å²) in [6, 6.07) is 10.2. The average molecular weight is 361 g/mol. The zero-order valence-electron chi connectivity index (χ0n) is 15.4. The zero-order chi connectivity index (χ0) is 18.4. The summed E-state index contributed by atoms with van der Waals surface area (Å²) < 4.78 is 21.5. The molecule has 0 spiro atoms. The van der Waals surface area contributed by atoms with E-state index >= 15 is 0 Å². The van der Waals surface area contributed by atoms with Gasteiger partial charge in [-0.25, -0.2) is 0 Å². The predicted molar refractivity (Wildman–Crippen MR) is 97.3 cm³/mol. The SMILES string of the molecule is COc1ccc(CN(C[C@H](O)COCc2ccco2)C2CC2)cc1OC. The van der Waals surface area contributed by atoms with Crippen LogP contribution in [0.4, 0.5) is 0 Å². The van der Waals surface area contributed by atoms with Crippen molar-refractivity contribution in [3.63, 3.8) is 0 Å². The number of rotatable bonds is 11. The van der Waals surface area contributed by atoms with E-state index in [9.17, 15) is 5.11 Å². The van der Waals surface area contributed by atoms with Crippen LogP contribution in [0.25, 0.3) is 0 Å². The van der Waals surface area contributed by atoms with Gasteiger partial charge in [-0.05, 0) is 42.7 Å². The molecular formula is C20H27NO5. The first kappa shape index (κ1) is 18.8. The van der Waals surface area contributed by atoms with Gasteiger partial charge in [0, 0.05) is 19.1 Å². The Morgan fingerprint density at radius 3 is 2.65 bits per heavy atom. The van der Waals surface area contributed by atoms with Crippen LogP contribution < -0.4 is 9.47 Å². The van der Waals surface area contributed by atoms with Crippen molar-refractivity contribution in [2.24, 2.45) is 0 Å². The lowest BCUT2D eigenvalue weighted by atomic mass is 10.1. The van der Waals surface area contributed by atoms with Gasteiger partial charge in [0.1, 0.15) is 12.4 Å². The molecule has 1 N–H and O–H groups in total. The number of aliphatic hydroxyl groups is 1. The first-order valence-electron chi connectivity index (χ1n) is 8.92. The van der Waals surface area contributed by atoms with Gasteiger partial charge in [-0.1, -0.05) is 6.07 Å². The van der Waals surface area contributed by atoms with Crippen molar-refractivity contribution in [2.75, 3.05) is 27.4 Å². The minimum absolute atomic E-state index is 0.288. The fourth-order valence-electron chi connectivity index (χ4n) is 3.01. The third-order valence-electron chi connectivity index (χ3n) is 4.48. The lowest BCUT2D eigenvalue weighted by molar-refractivity contribution is 0.00246. The maximum Gasteiger partial charge on any atom is 0.161 e. The van der Waals surface area contributed by atoms with Crippen molar-refractivity contribution in [3.05, 3.63) is 47.9 Å². The number of hydrogen-bond donors (Lipinski definition) is 1. The minimum Gasteiger partial charge on any atom is -0.493 e. The molecule has 1 aliphatic rings. The van der Waals surface area contributed by atoms with Crippen molar-refractivity contribution in [3.8, 4) is 11.5 Å². The molecule has 1 aliphatic carbocycles. The fourth-order valence-corrected chi connectivity index (χ4v) is 3.01. The predicted octanol–water partition coefficient (Wildman–Crippen LogP) is 2.84. The number of furan rings is 1. The summed E-state index contributed by atoms with van der Waals surface area (Å²) in [6.07, 6.45) is 3.43. The van der Waals surface area contributed by atoms with Crippen LogP contribution in [0.1, 0.15) is 24.2 Å². The second-order valence-electron chi connectivity index (χ2n) is 6.60. The van der Waals surface area contributed by atoms with Gasteiger partial charge in [-0.3, -0.25) is 4.90 Å². The van der Waals surface area contributed by atoms with Crippen LogP contribution in [0.15, 0.2) is 41.0 Å². The summed E-state index contributed by atoms with van der Waals surface area (Å²) in [6.45, 7) is 2.01. The van der Waals surface area contributed by atoms with E-state index in [2.05, 4.69) is 4.90 Å². The Morgan fingerprint density at radius 2 is 2.00 bits per heavy atom. The van der Waals surface area contributed by atoms with Crippen molar-refractivity contribution in [1.29, 1.82) is 0 Å². The Bertz CT molecular complexity index is 669. The quantitative estimate of drug-likeness (QED) is 0.664. The number of ether oxygens (including phenoxy) is 3. The summed E-state index contributed by atoms with van der Waals surface area (Å²) in [4.78, 5) is 2.31. The molecule has 2 aromatic rings. The van der Waals surface area contributed by atoms with Crippen molar-refractivity contribution < 1.29 is 23.7 Å². The molecule has 1 fully saturated rings. The maximum absolute atomic E-state index is 10.3. The van der Waals surface area contributed by atoms with Crippen molar-refractivity contribution in [2.45, 2.75) is 38.1 Å². The highest BCUT2D eigenvalue weighted by molar-refractivity contribution is 5.42. The molecule has 0 radical (unpaired) electrons. The largest absolute Gasteiger partial charge is 0.493 e. The van der Waals surface area contributed by atoms with Gasteiger partial charge in [0.25, 0.3) is 0 Å². The van der Waals surface area contributed by atoms with Gasteiger partial charge in [0.15, 0.2) is 11.5 Å². The number of methoxy groups -OCH3 is 2. The molecular weight excluding hydrogens is 334 g/mol. The average Bonchev–Trinajstić information content (AvgIpc) is 3.37. The first-order chi connectivity index (χ1) is 12.7. The molecule has 1 atom stereocenters. The molecule has 1 aromatic heterocycles. The van der Waals surface area contributed by atoms with E-state index in [4.69, 9.17) is 18.6 Å². The molecule has 1 heterocycles. The number of hydrogen-bond acceptors (Lipinski definition) is 6. The highest BCUT2D eigenvalue weighted by atomic mass is 16.5. The highest BCUT2D eigenvalue weighted by Gasteiger charge is 2.30. The molecule has 142 valence electrons. The van der Waals surface area contributed by atoms with Gasteiger partial charge < -0.3 is 23.7 Å². The third-order valence-corrected chi connectivity index (χ3v) is 4.48. The van der Waals surface area contributed by atoms with Crippen LogP contribution in [-0.2, 0) is 17.9 Å². The fraction of sp³-hybridized carbons (Fsp3) is 0.500. The Labute approximate surface area is 154 Å². The molecule has 0 aliphatic heterocycles. The first-order valence-corrected chi connectivity index (χ1v) is 8.92. The third kappa shape index (κ3) is 5.24. The molecule has 6 nitrogen and oxygen atoms in total. The van der Waals surface area contributed by atoms with Crippen LogP contribution in [0.3, 0.4) is 0 Å². The Morgan fingerprint density at radius 1 is 1.19 bits per heavy atom. The van der Waals surface area contributed by atoms with Gasteiger partial charge in [0.2, 0.25) is 0 Å². The highest BCUT2D eigenvalue weighted by Crippen LogP contribution is 2.31. The van der Waals surface area contributed by atoms with Crippen LogP contribution >= 0.6 is 0 Å². The normalized spacial score (nSPS) is 15.2. The molecule has 0 unspecified atom stereocenters. The van der Waals surface area contributed by atoms with Crippen LogP contribution in [0.2, 0.25) is 0 Å². The van der Waals surface area contributed by atoms with E-state index in [0.717, 1.165) is 29.4 Å². The van der Waals surface area contributed by atoms with Gasteiger partial charge in [-0.2, -0.15) is 0 Å². The Hall–Kier alpha value is -2.02. The minimum atomic E-state index is -0.536. The molecule has 0 bridgehead atoms. The summed E-state index contributed by atoms with van der Waals surface area (Å²) in [5, 5.41) is 10.3. The Kier molecular flexibility index (Phi) is 6.55. The van der Waals surface area contributed by atoms with E-state index in [0.29, 0.717) is 19.2 Å². The molecule has 3 rings (SSSR count). The van der Waals surface area contributed by atoms with E-state index in [-0.39, 0.29) is 6.61 Å². The second-order valence-corrected chi connectivity index (χ2v) is 6.60. The number of aliphatic hydroxyl groups excluding tert-OH is 1. The van der Waals surface area contributed by atoms with E-state index < -0.39 is 6.10 Å². The summed E-state index contributed by atoms with van der Waals surface area (Å²) >= 11 is 0. The van der Waals surface area contributed by atoms with Gasteiger partial charge in [-0.15, -0.1) is 0 Å². The summed E-state index contributed by atoms with van der Waals surface area (Å²) in [5.74, 6) is 2.21. The summed E-state index contributed by atoms with van der Waals surface area (Å²) in [5.41, 5.74) is 1.14. The van der Waals surface area contributed by atoms with Gasteiger partial charge >= 0.3 is 0 Å². The van der Waals surface area contributed by atoms with Crippen molar-refractivity contribution >= 4 is 0 Å².